The van der Waals surface area contributed by atoms with Gasteiger partial charge in [0.1, 0.15) is 24.4 Å². The summed E-state index contributed by atoms with van der Waals surface area (Å²) >= 11 is 0. The number of carbonyl (C=O) groups is 1. The fourth-order valence-corrected chi connectivity index (χ4v) is 6.31. The largest absolute Gasteiger partial charge is 0.394 e. The van der Waals surface area contributed by atoms with Crippen molar-refractivity contribution in [1.29, 1.82) is 0 Å². The van der Waals surface area contributed by atoms with Gasteiger partial charge in [-0.15, -0.1) is 0 Å². The molecule has 1 aliphatic heterocycles. The van der Waals surface area contributed by atoms with Gasteiger partial charge in [0.15, 0.2) is 6.29 Å². The molecule has 58 heavy (non-hydrogen) atoms. The van der Waals surface area contributed by atoms with Crippen molar-refractivity contribution in [1.82, 2.24) is 5.32 Å². The summed E-state index contributed by atoms with van der Waals surface area (Å²) in [6, 6.07) is -0.867. The van der Waals surface area contributed by atoms with Crippen LogP contribution in [0.1, 0.15) is 149 Å². The molecule has 0 aromatic rings. The molecule has 1 saturated heterocycles. The van der Waals surface area contributed by atoms with Crippen molar-refractivity contribution in [3.8, 4) is 0 Å². The first-order valence-electron chi connectivity index (χ1n) is 22.5. The summed E-state index contributed by atoms with van der Waals surface area (Å²) < 4.78 is 11.2. The molecule has 9 heteroatoms. The Morgan fingerprint density at radius 2 is 1.09 bits per heavy atom. The lowest BCUT2D eigenvalue weighted by Crippen LogP contribution is -2.60. The van der Waals surface area contributed by atoms with Gasteiger partial charge in [-0.2, -0.15) is 0 Å². The Hall–Kier alpha value is -2.89. The maximum atomic E-state index is 12.9. The highest BCUT2D eigenvalue weighted by atomic mass is 16.7. The van der Waals surface area contributed by atoms with Crippen molar-refractivity contribution in [3.63, 3.8) is 0 Å². The Bertz CT molecular complexity index is 1220. The molecule has 0 bridgehead atoms. The quantitative estimate of drug-likeness (QED) is 0.0274. The van der Waals surface area contributed by atoms with Crippen LogP contribution in [-0.2, 0) is 14.3 Å². The summed E-state index contributed by atoms with van der Waals surface area (Å²) in [5, 5.41) is 54.1. The Morgan fingerprint density at radius 1 is 0.603 bits per heavy atom. The summed E-state index contributed by atoms with van der Waals surface area (Å²) in [4.78, 5) is 12.9. The van der Waals surface area contributed by atoms with Crippen LogP contribution in [0.3, 0.4) is 0 Å². The standard InChI is InChI=1S/C49H81NO8/c1-3-5-7-9-11-13-15-17-19-21-22-23-25-27-29-31-33-35-37-39-45(53)50-42(41-57-49-48(56)47(55)46(54)44(40-51)58-49)43(52)38-36-34-32-30-28-26-24-20-18-16-14-12-10-8-6-4-2/h5,7,11,13,17,19,22-23,27-30,33,35-36,38,42-44,46-49,51-52,54-56H,3-4,6,8-10,12,14-16,18,20-21,24-26,31-32,34,37,39-41H2,1-2H3,(H,50,53)/b7-5-,13-11-,19-17-,23-22-,29-27-,30-28+,35-33-,38-36+. The van der Waals surface area contributed by atoms with Gasteiger partial charge in [0.2, 0.25) is 5.91 Å². The zero-order chi connectivity index (χ0) is 42.3. The van der Waals surface area contributed by atoms with Crippen molar-refractivity contribution in [3.05, 3.63) is 97.2 Å². The average molecular weight is 812 g/mol. The van der Waals surface area contributed by atoms with Gasteiger partial charge in [0.25, 0.3) is 0 Å². The second-order valence-electron chi connectivity index (χ2n) is 15.1. The molecule has 330 valence electrons. The summed E-state index contributed by atoms with van der Waals surface area (Å²) in [5.74, 6) is -0.274. The lowest BCUT2D eigenvalue weighted by Gasteiger charge is -2.40. The molecule has 9 nitrogen and oxygen atoms in total. The number of carbonyl (C=O) groups excluding carboxylic acids is 1. The third-order valence-corrected chi connectivity index (χ3v) is 9.91. The molecule has 0 spiro atoms. The normalized spacial score (nSPS) is 21.8. The van der Waals surface area contributed by atoms with Gasteiger partial charge >= 0.3 is 0 Å². The second-order valence-corrected chi connectivity index (χ2v) is 15.1. The molecular weight excluding hydrogens is 731 g/mol. The van der Waals surface area contributed by atoms with Crippen molar-refractivity contribution < 1.29 is 39.8 Å². The number of unbranched alkanes of at least 4 members (excludes halogenated alkanes) is 11. The van der Waals surface area contributed by atoms with Crippen LogP contribution in [0.25, 0.3) is 0 Å². The average Bonchev–Trinajstić information content (AvgIpc) is 3.22. The molecule has 1 heterocycles. The first-order valence-corrected chi connectivity index (χ1v) is 22.5. The van der Waals surface area contributed by atoms with Crippen LogP contribution in [0.5, 0.6) is 0 Å². The van der Waals surface area contributed by atoms with E-state index in [0.717, 1.165) is 57.8 Å². The Kier molecular flexibility index (Phi) is 35.1. The number of hydrogen-bond donors (Lipinski definition) is 6. The maximum absolute atomic E-state index is 12.9. The van der Waals surface area contributed by atoms with E-state index in [1.807, 2.05) is 18.2 Å². The van der Waals surface area contributed by atoms with E-state index in [9.17, 15) is 30.3 Å². The van der Waals surface area contributed by atoms with E-state index in [-0.39, 0.29) is 18.9 Å². The van der Waals surface area contributed by atoms with Gasteiger partial charge in [-0.3, -0.25) is 4.79 Å². The molecule has 1 aliphatic rings. The van der Waals surface area contributed by atoms with E-state index in [4.69, 9.17) is 9.47 Å². The number of nitrogens with one attached hydrogen (secondary N) is 1. The van der Waals surface area contributed by atoms with Crippen LogP contribution < -0.4 is 5.32 Å². The third-order valence-electron chi connectivity index (χ3n) is 9.91. The lowest BCUT2D eigenvalue weighted by molar-refractivity contribution is -0.302. The predicted octanol–water partition coefficient (Wildman–Crippen LogP) is 9.33. The van der Waals surface area contributed by atoms with Gasteiger partial charge in [-0.1, -0.05) is 169 Å². The minimum atomic E-state index is -1.59. The van der Waals surface area contributed by atoms with Crippen molar-refractivity contribution in [2.45, 2.75) is 192 Å². The molecule has 0 aromatic carbocycles. The number of allylic oxidation sites excluding steroid dienone is 15. The van der Waals surface area contributed by atoms with Crippen LogP contribution >= 0.6 is 0 Å². The van der Waals surface area contributed by atoms with Gasteiger partial charge < -0.3 is 40.3 Å². The molecule has 7 unspecified atom stereocenters. The topological polar surface area (TPSA) is 149 Å². The van der Waals surface area contributed by atoms with Crippen LogP contribution in [0, 0.1) is 0 Å². The van der Waals surface area contributed by atoms with E-state index >= 15 is 0 Å². The molecule has 1 fully saturated rings. The molecule has 0 radical (unpaired) electrons. The highest BCUT2D eigenvalue weighted by molar-refractivity contribution is 5.76. The minimum absolute atomic E-state index is 0.207. The van der Waals surface area contributed by atoms with Gasteiger partial charge in [-0.25, -0.2) is 0 Å². The smallest absolute Gasteiger partial charge is 0.220 e. The molecule has 7 atom stereocenters. The molecule has 0 saturated carbocycles. The molecule has 1 amide bonds. The van der Waals surface area contributed by atoms with Crippen LogP contribution in [0.2, 0.25) is 0 Å². The summed E-state index contributed by atoms with van der Waals surface area (Å²) in [7, 11) is 0. The fourth-order valence-electron chi connectivity index (χ4n) is 6.31. The SMILES string of the molecule is CC/C=C\C/C=C\C/C=C\C/C=C\C/C=C\C/C=C\CCC(=O)NC(COC1OC(CO)C(O)C(O)C1O)C(O)/C=C/CC/C=C/CCCCCCCCCCCC. The van der Waals surface area contributed by atoms with Crippen LogP contribution in [0.15, 0.2) is 97.2 Å². The molecule has 0 aliphatic carbocycles. The predicted molar refractivity (Wildman–Crippen MR) is 239 cm³/mol. The molecule has 1 rings (SSSR count). The first kappa shape index (κ1) is 53.1. The summed E-state index contributed by atoms with van der Waals surface area (Å²) in [6.07, 6.45) is 47.4. The minimum Gasteiger partial charge on any atom is -0.394 e. The highest BCUT2D eigenvalue weighted by Gasteiger charge is 2.44. The van der Waals surface area contributed by atoms with Crippen LogP contribution in [-0.4, -0.2) is 87.5 Å². The number of hydrogen-bond acceptors (Lipinski definition) is 8. The van der Waals surface area contributed by atoms with E-state index in [1.165, 1.54) is 64.2 Å². The monoisotopic (exact) mass is 812 g/mol. The Labute approximate surface area is 352 Å². The Morgan fingerprint density at radius 3 is 1.64 bits per heavy atom. The lowest BCUT2D eigenvalue weighted by atomic mass is 9.99. The fraction of sp³-hybridized carbons (Fsp3) is 0.653. The van der Waals surface area contributed by atoms with Crippen molar-refractivity contribution >= 4 is 5.91 Å². The van der Waals surface area contributed by atoms with E-state index in [0.29, 0.717) is 6.42 Å². The number of rotatable bonds is 35. The second kappa shape index (κ2) is 38.3. The zero-order valence-corrected chi connectivity index (χ0v) is 36.0. The van der Waals surface area contributed by atoms with Crippen molar-refractivity contribution in [2.24, 2.45) is 0 Å². The number of aliphatic hydroxyl groups is 5. The van der Waals surface area contributed by atoms with E-state index in [1.54, 1.807) is 6.08 Å². The van der Waals surface area contributed by atoms with Gasteiger partial charge in [0, 0.05) is 6.42 Å². The maximum Gasteiger partial charge on any atom is 0.220 e. The summed E-state index contributed by atoms with van der Waals surface area (Å²) in [5.41, 5.74) is 0. The molecule has 6 N–H and O–H groups in total. The van der Waals surface area contributed by atoms with Gasteiger partial charge in [-0.05, 0) is 70.6 Å². The van der Waals surface area contributed by atoms with E-state index < -0.39 is 49.5 Å². The molecule has 0 aromatic heterocycles. The molecular formula is C49H81NO8. The Balaban J connectivity index is 2.48. The zero-order valence-electron chi connectivity index (χ0n) is 36.0. The van der Waals surface area contributed by atoms with E-state index in [2.05, 4.69) is 92.1 Å². The number of ether oxygens (including phenoxy) is 2. The highest BCUT2D eigenvalue weighted by Crippen LogP contribution is 2.22. The number of aliphatic hydroxyl groups excluding tert-OH is 5. The van der Waals surface area contributed by atoms with Gasteiger partial charge in [0.05, 0.1) is 25.4 Å². The van der Waals surface area contributed by atoms with Crippen molar-refractivity contribution in [2.75, 3.05) is 13.2 Å². The third kappa shape index (κ3) is 28.5. The van der Waals surface area contributed by atoms with Crippen LogP contribution in [0.4, 0.5) is 0 Å². The number of amides is 1. The summed E-state index contributed by atoms with van der Waals surface area (Å²) in [6.45, 7) is 3.57. The first-order chi connectivity index (χ1) is 28.3.